The second-order valence-corrected chi connectivity index (χ2v) is 6.76. The first-order chi connectivity index (χ1) is 10.5. The second-order valence-electron chi connectivity index (χ2n) is 5.84. The summed E-state index contributed by atoms with van der Waals surface area (Å²) >= 11 is 3.39. The molecule has 3 nitrogen and oxygen atoms in total. The first-order valence-electron chi connectivity index (χ1n) is 7.35. The van der Waals surface area contributed by atoms with Gasteiger partial charge in [0.15, 0.2) is 0 Å². The molecule has 2 atom stereocenters. The van der Waals surface area contributed by atoms with Crippen LogP contribution in [0.1, 0.15) is 40.9 Å². The molecule has 0 aliphatic carbocycles. The van der Waals surface area contributed by atoms with E-state index >= 15 is 0 Å². The minimum Gasteiger partial charge on any atom is -0.388 e. The Morgan fingerprint density at radius 2 is 1.91 bits per heavy atom. The van der Waals surface area contributed by atoms with Crippen molar-refractivity contribution in [3.8, 4) is 0 Å². The third-order valence-electron chi connectivity index (χ3n) is 4.12. The van der Waals surface area contributed by atoms with Gasteiger partial charge in [-0.25, -0.2) is 0 Å². The van der Waals surface area contributed by atoms with E-state index in [4.69, 9.17) is 0 Å². The normalized spacial score (nSPS) is 20.6. The highest BCUT2D eigenvalue weighted by Gasteiger charge is 2.33. The second kappa shape index (κ2) is 5.86. The first-order valence-corrected chi connectivity index (χ1v) is 8.14. The van der Waals surface area contributed by atoms with Crippen molar-refractivity contribution in [2.45, 2.75) is 32.4 Å². The molecule has 0 fully saturated rings. The topological polar surface area (TPSA) is 40.5 Å². The van der Waals surface area contributed by atoms with Crippen molar-refractivity contribution in [2.24, 2.45) is 0 Å². The van der Waals surface area contributed by atoms with Crippen LogP contribution in [0.15, 0.2) is 46.9 Å². The lowest BCUT2D eigenvalue weighted by molar-refractivity contribution is 0.0949. The van der Waals surface area contributed by atoms with Crippen LogP contribution >= 0.6 is 15.9 Å². The largest absolute Gasteiger partial charge is 0.388 e. The summed E-state index contributed by atoms with van der Waals surface area (Å²) in [5.74, 6) is -0.0306. The van der Waals surface area contributed by atoms with Gasteiger partial charge in [0.1, 0.15) is 0 Å². The van der Waals surface area contributed by atoms with Gasteiger partial charge in [0.05, 0.1) is 11.8 Å². The molecule has 1 N–H and O–H groups in total. The van der Waals surface area contributed by atoms with E-state index in [0.29, 0.717) is 12.0 Å². The van der Waals surface area contributed by atoms with Crippen molar-refractivity contribution < 1.29 is 9.90 Å². The van der Waals surface area contributed by atoms with Crippen molar-refractivity contribution >= 4 is 27.5 Å². The van der Waals surface area contributed by atoms with E-state index in [0.717, 1.165) is 21.3 Å². The summed E-state index contributed by atoms with van der Waals surface area (Å²) in [6, 6.07) is 13.2. The Hall–Kier alpha value is -1.65. The number of hydrogen-bond donors (Lipinski definition) is 1. The first kappa shape index (κ1) is 15.3. The molecule has 4 heteroatoms. The highest BCUT2D eigenvalue weighted by Crippen LogP contribution is 2.38. The van der Waals surface area contributed by atoms with Gasteiger partial charge in [0, 0.05) is 21.6 Å². The zero-order chi connectivity index (χ0) is 15.9. The lowest BCUT2D eigenvalue weighted by atomic mass is 9.92. The molecule has 22 heavy (non-hydrogen) atoms. The van der Waals surface area contributed by atoms with Crippen molar-refractivity contribution in [2.75, 3.05) is 4.90 Å². The molecule has 1 heterocycles. The van der Waals surface area contributed by atoms with Gasteiger partial charge < -0.3 is 10.0 Å². The average Bonchev–Trinajstić information content (AvgIpc) is 2.48. The zero-order valence-electron chi connectivity index (χ0n) is 12.6. The summed E-state index contributed by atoms with van der Waals surface area (Å²) in [6.07, 6.45) is 0.0393. The minimum atomic E-state index is -0.515. The number of carbonyl (C=O) groups excluding carboxylic acids is 1. The molecule has 1 amide bonds. The summed E-state index contributed by atoms with van der Waals surface area (Å²) in [7, 11) is 0. The van der Waals surface area contributed by atoms with E-state index in [1.54, 1.807) is 4.90 Å². The number of anilines is 1. The van der Waals surface area contributed by atoms with Gasteiger partial charge >= 0.3 is 0 Å². The van der Waals surface area contributed by atoms with Gasteiger partial charge in [0.2, 0.25) is 0 Å². The molecule has 1 aliphatic heterocycles. The van der Waals surface area contributed by atoms with Gasteiger partial charge in [-0.3, -0.25) is 4.79 Å². The highest BCUT2D eigenvalue weighted by atomic mass is 79.9. The average molecular weight is 360 g/mol. The van der Waals surface area contributed by atoms with Crippen LogP contribution in [0.3, 0.4) is 0 Å². The van der Waals surface area contributed by atoms with Gasteiger partial charge in [-0.15, -0.1) is 0 Å². The number of aliphatic hydroxyl groups excluding tert-OH is 1. The van der Waals surface area contributed by atoms with E-state index in [1.807, 2.05) is 56.3 Å². The molecule has 0 spiro atoms. The summed E-state index contributed by atoms with van der Waals surface area (Å²) in [5, 5.41) is 10.3. The van der Waals surface area contributed by atoms with E-state index in [2.05, 4.69) is 15.9 Å². The summed E-state index contributed by atoms with van der Waals surface area (Å²) < 4.78 is 0.946. The number of aryl methyl sites for hydroxylation is 1. The maximum atomic E-state index is 12.9. The number of halogens is 1. The molecule has 2 aromatic carbocycles. The van der Waals surface area contributed by atoms with Crippen LogP contribution in [0.25, 0.3) is 0 Å². The molecule has 0 radical (unpaired) electrons. The summed E-state index contributed by atoms with van der Waals surface area (Å²) in [5.41, 5.74) is 3.38. The highest BCUT2D eigenvalue weighted by molar-refractivity contribution is 9.10. The van der Waals surface area contributed by atoms with Crippen LogP contribution in [0.4, 0.5) is 5.69 Å². The number of fused-ring (bicyclic) bond motifs is 1. The number of aliphatic hydroxyl groups is 1. The van der Waals surface area contributed by atoms with E-state index in [9.17, 15) is 9.90 Å². The third kappa shape index (κ3) is 2.69. The molecule has 0 aromatic heterocycles. The Kier molecular flexibility index (Phi) is 4.06. The molecule has 1 aliphatic rings. The Bertz CT molecular complexity index is 712. The lowest BCUT2D eigenvalue weighted by Crippen LogP contribution is -2.43. The predicted octanol–water partition coefficient (Wildman–Crippen LogP) is 4.23. The monoisotopic (exact) mass is 359 g/mol. The molecular formula is C18H18BrNO2. The number of rotatable bonds is 1. The van der Waals surface area contributed by atoms with E-state index in [-0.39, 0.29) is 11.9 Å². The number of nitrogens with zero attached hydrogens (tertiary/aromatic N) is 1. The maximum Gasteiger partial charge on any atom is 0.258 e. The number of amides is 1. The third-order valence-corrected chi connectivity index (χ3v) is 4.65. The molecule has 114 valence electrons. The minimum absolute atomic E-state index is 0.0306. The number of carbonyl (C=O) groups is 1. The molecule has 2 aromatic rings. The Balaban J connectivity index is 2.04. The molecule has 0 unspecified atom stereocenters. The standard InChI is InChI=1S/C18H18BrNO2/c1-11-3-8-16-15(9-11)17(21)10-12(2)20(16)18(22)13-4-6-14(19)7-5-13/h3-9,12,17,21H,10H2,1-2H3/t12-,17+/m0/s1. The summed E-state index contributed by atoms with van der Waals surface area (Å²) in [6.45, 7) is 3.97. The van der Waals surface area contributed by atoms with Crippen LogP contribution in [-0.4, -0.2) is 17.1 Å². The van der Waals surface area contributed by atoms with Crippen molar-refractivity contribution in [1.82, 2.24) is 0 Å². The van der Waals surface area contributed by atoms with Gasteiger partial charge in [0.25, 0.3) is 5.91 Å². The quantitative estimate of drug-likeness (QED) is 0.827. The van der Waals surface area contributed by atoms with Crippen LogP contribution in [0.5, 0.6) is 0 Å². The maximum absolute atomic E-state index is 12.9. The van der Waals surface area contributed by atoms with E-state index in [1.165, 1.54) is 0 Å². The van der Waals surface area contributed by atoms with Crippen LogP contribution < -0.4 is 4.90 Å². The fraction of sp³-hybridized carbons (Fsp3) is 0.278. The fourth-order valence-corrected chi connectivity index (χ4v) is 3.26. The molecular weight excluding hydrogens is 342 g/mol. The molecule has 3 rings (SSSR count). The van der Waals surface area contributed by atoms with Crippen LogP contribution in [-0.2, 0) is 0 Å². The number of hydrogen-bond acceptors (Lipinski definition) is 2. The van der Waals surface area contributed by atoms with Gasteiger partial charge in [-0.1, -0.05) is 33.6 Å². The predicted molar refractivity (Wildman–Crippen MR) is 91.2 cm³/mol. The molecule has 0 bridgehead atoms. The Labute approximate surface area is 138 Å². The lowest BCUT2D eigenvalue weighted by Gasteiger charge is -2.38. The Morgan fingerprint density at radius 3 is 2.59 bits per heavy atom. The SMILES string of the molecule is Cc1ccc2c(c1)[C@H](O)C[C@H](C)N2C(=O)c1ccc(Br)cc1. The van der Waals surface area contributed by atoms with Crippen molar-refractivity contribution in [1.29, 1.82) is 0 Å². The Morgan fingerprint density at radius 1 is 1.23 bits per heavy atom. The van der Waals surface area contributed by atoms with Crippen LogP contribution in [0, 0.1) is 6.92 Å². The molecule has 0 saturated heterocycles. The van der Waals surface area contributed by atoms with Crippen LogP contribution in [0.2, 0.25) is 0 Å². The zero-order valence-corrected chi connectivity index (χ0v) is 14.2. The summed E-state index contributed by atoms with van der Waals surface area (Å²) in [4.78, 5) is 14.7. The smallest absolute Gasteiger partial charge is 0.258 e. The number of benzene rings is 2. The van der Waals surface area contributed by atoms with Crippen molar-refractivity contribution in [3.05, 3.63) is 63.6 Å². The van der Waals surface area contributed by atoms with Gasteiger partial charge in [-0.05, 0) is 50.6 Å². The molecule has 0 saturated carbocycles. The van der Waals surface area contributed by atoms with E-state index < -0.39 is 6.10 Å². The van der Waals surface area contributed by atoms with Gasteiger partial charge in [-0.2, -0.15) is 0 Å². The van der Waals surface area contributed by atoms with Crippen molar-refractivity contribution in [3.63, 3.8) is 0 Å². The fourth-order valence-electron chi connectivity index (χ4n) is 2.99.